The molecule has 2 fully saturated rings. The van der Waals surface area contributed by atoms with Crippen LogP contribution in [-0.4, -0.2) is 54.1 Å². The summed E-state index contributed by atoms with van der Waals surface area (Å²) in [5, 5.41) is 0. The van der Waals surface area contributed by atoms with Gasteiger partial charge in [0.25, 0.3) is 0 Å². The van der Waals surface area contributed by atoms with Gasteiger partial charge < -0.3 is 5.73 Å². The maximum absolute atomic E-state index is 6.08. The van der Waals surface area contributed by atoms with E-state index in [9.17, 15) is 0 Å². The monoisotopic (exact) mass is 253 g/mol. The summed E-state index contributed by atoms with van der Waals surface area (Å²) in [6.45, 7) is 10.6. The van der Waals surface area contributed by atoms with Crippen molar-refractivity contribution >= 4 is 0 Å². The zero-order chi connectivity index (χ0) is 13.0. The van der Waals surface area contributed by atoms with Gasteiger partial charge in [0.05, 0.1) is 0 Å². The lowest BCUT2D eigenvalue weighted by atomic mass is 9.91. The van der Waals surface area contributed by atoms with Crippen LogP contribution in [0, 0.1) is 0 Å². The summed E-state index contributed by atoms with van der Waals surface area (Å²) < 4.78 is 0. The van der Waals surface area contributed by atoms with Crippen molar-refractivity contribution in [2.75, 3.05) is 32.7 Å². The minimum atomic E-state index is 0.268. The van der Waals surface area contributed by atoms with Crippen LogP contribution >= 0.6 is 0 Å². The highest BCUT2D eigenvalue weighted by Gasteiger charge is 2.38. The average molecular weight is 253 g/mol. The van der Waals surface area contributed by atoms with Crippen LogP contribution in [-0.2, 0) is 0 Å². The quantitative estimate of drug-likeness (QED) is 0.814. The molecule has 2 N–H and O–H groups in total. The predicted molar refractivity (Wildman–Crippen MR) is 77.8 cm³/mol. The van der Waals surface area contributed by atoms with Crippen molar-refractivity contribution in [3.8, 4) is 0 Å². The van der Waals surface area contributed by atoms with Crippen molar-refractivity contribution < 1.29 is 0 Å². The molecule has 0 bridgehead atoms. The molecule has 2 aliphatic rings. The van der Waals surface area contributed by atoms with Gasteiger partial charge in [-0.1, -0.05) is 20.3 Å². The summed E-state index contributed by atoms with van der Waals surface area (Å²) in [6, 6.07) is 0.800. The summed E-state index contributed by atoms with van der Waals surface area (Å²) in [7, 11) is 0. The van der Waals surface area contributed by atoms with Gasteiger partial charge in [0.2, 0.25) is 0 Å². The van der Waals surface area contributed by atoms with E-state index in [4.69, 9.17) is 5.73 Å². The van der Waals surface area contributed by atoms with Gasteiger partial charge in [-0.15, -0.1) is 0 Å². The Morgan fingerprint density at radius 1 is 1.06 bits per heavy atom. The van der Waals surface area contributed by atoms with Crippen molar-refractivity contribution in [2.45, 2.75) is 64.0 Å². The largest absolute Gasteiger partial charge is 0.329 e. The first kappa shape index (κ1) is 14.3. The first-order valence-electron chi connectivity index (χ1n) is 7.95. The molecule has 0 spiro atoms. The molecule has 1 atom stereocenters. The SMILES string of the molecule is CCC(CC)(CN)N1CCC(N2CCCCC2)C1. The normalized spacial score (nSPS) is 27.8. The second kappa shape index (κ2) is 6.36. The third-order valence-corrected chi connectivity index (χ3v) is 5.44. The summed E-state index contributed by atoms with van der Waals surface area (Å²) in [4.78, 5) is 5.42. The Kier molecular flexibility index (Phi) is 5.05. The van der Waals surface area contributed by atoms with E-state index < -0.39 is 0 Å². The van der Waals surface area contributed by atoms with Crippen LogP contribution in [0.4, 0.5) is 0 Å². The van der Waals surface area contributed by atoms with Crippen molar-refractivity contribution in [1.82, 2.24) is 9.80 Å². The molecule has 0 saturated carbocycles. The van der Waals surface area contributed by atoms with Gasteiger partial charge >= 0.3 is 0 Å². The second-order valence-corrected chi connectivity index (χ2v) is 6.12. The summed E-state index contributed by atoms with van der Waals surface area (Å²) in [5.74, 6) is 0. The highest BCUT2D eigenvalue weighted by molar-refractivity contribution is 4.96. The first-order chi connectivity index (χ1) is 8.75. The van der Waals surface area contributed by atoms with Crippen molar-refractivity contribution in [3.63, 3.8) is 0 Å². The van der Waals surface area contributed by atoms with Crippen LogP contribution in [0.5, 0.6) is 0 Å². The third-order valence-electron chi connectivity index (χ3n) is 5.44. The van der Waals surface area contributed by atoms with E-state index in [1.165, 1.54) is 64.7 Å². The number of hydrogen-bond acceptors (Lipinski definition) is 3. The summed E-state index contributed by atoms with van der Waals surface area (Å²) in [5.41, 5.74) is 6.35. The first-order valence-corrected chi connectivity index (χ1v) is 7.95. The lowest BCUT2D eigenvalue weighted by molar-refractivity contribution is 0.0935. The molecule has 2 rings (SSSR count). The molecule has 2 aliphatic heterocycles. The van der Waals surface area contributed by atoms with Gasteiger partial charge in [-0.05, 0) is 45.2 Å². The highest BCUT2D eigenvalue weighted by Crippen LogP contribution is 2.29. The Hall–Kier alpha value is -0.120. The fourth-order valence-corrected chi connectivity index (χ4v) is 3.87. The van der Waals surface area contributed by atoms with Crippen molar-refractivity contribution in [3.05, 3.63) is 0 Å². The lowest BCUT2D eigenvalue weighted by Gasteiger charge is -2.41. The molecule has 2 heterocycles. The van der Waals surface area contributed by atoms with Crippen molar-refractivity contribution in [1.29, 1.82) is 0 Å². The molecular formula is C15H31N3. The van der Waals surface area contributed by atoms with E-state index in [1.807, 2.05) is 0 Å². The summed E-state index contributed by atoms with van der Waals surface area (Å²) in [6.07, 6.45) is 7.96. The maximum Gasteiger partial charge on any atom is 0.0327 e. The Balaban J connectivity index is 1.94. The molecule has 3 heteroatoms. The van der Waals surface area contributed by atoms with Gasteiger partial charge in [-0.3, -0.25) is 9.80 Å². The molecule has 2 saturated heterocycles. The van der Waals surface area contributed by atoms with E-state index in [-0.39, 0.29) is 5.54 Å². The molecule has 0 radical (unpaired) electrons. The Morgan fingerprint density at radius 3 is 2.28 bits per heavy atom. The molecule has 0 aromatic rings. The number of nitrogens with two attached hydrogens (primary N) is 1. The lowest BCUT2D eigenvalue weighted by Crippen LogP contribution is -2.53. The molecule has 18 heavy (non-hydrogen) atoms. The van der Waals surface area contributed by atoms with E-state index in [2.05, 4.69) is 23.6 Å². The van der Waals surface area contributed by atoms with E-state index >= 15 is 0 Å². The maximum atomic E-state index is 6.08. The molecule has 106 valence electrons. The summed E-state index contributed by atoms with van der Waals surface area (Å²) >= 11 is 0. The van der Waals surface area contributed by atoms with E-state index in [0.29, 0.717) is 0 Å². The smallest absolute Gasteiger partial charge is 0.0327 e. The van der Waals surface area contributed by atoms with E-state index in [1.54, 1.807) is 0 Å². The Labute approximate surface area is 113 Å². The Morgan fingerprint density at radius 2 is 1.72 bits per heavy atom. The standard InChI is InChI=1S/C15H31N3/c1-3-15(4-2,13-16)18-11-8-14(12-18)17-9-6-5-7-10-17/h14H,3-13,16H2,1-2H3. The molecule has 0 aromatic carbocycles. The minimum Gasteiger partial charge on any atom is -0.329 e. The number of hydrogen-bond donors (Lipinski definition) is 1. The van der Waals surface area contributed by atoms with Crippen LogP contribution in [0.25, 0.3) is 0 Å². The molecule has 3 nitrogen and oxygen atoms in total. The minimum absolute atomic E-state index is 0.268. The number of likely N-dealkylation sites (tertiary alicyclic amines) is 2. The number of rotatable bonds is 5. The molecule has 0 aliphatic carbocycles. The van der Waals surface area contributed by atoms with Crippen LogP contribution in [0.3, 0.4) is 0 Å². The van der Waals surface area contributed by atoms with Gasteiger partial charge in [-0.25, -0.2) is 0 Å². The van der Waals surface area contributed by atoms with Gasteiger partial charge in [0, 0.05) is 31.2 Å². The highest BCUT2D eigenvalue weighted by atomic mass is 15.3. The van der Waals surface area contributed by atoms with Gasteiger partial charge in [-0.2, -0.15) is 0 Å². The Bertz CT molecular complexity index is 236. The predicted octanol–water partition coefficient (Wildman–Crippen LogP) is 2.06. The number of nitrogens with zero attached hydrogens (tertiary/aromatic N) is 2. The van der Waals surface area contributed by atoms with Crippen LogP contribution in [0.1, 0.15) is 52.4 Å². The van der Waals surface area contributed by atoms with E-state index in [0.717, 1.165) is 12.6 Å². The number of piperidine rings is 1. The van der Waals surface area contributed by atoms with Crippen molar-refractivity contribution in [2.24, 2.45) is 5.73 Å². The van der Waals surface area contributed by atoms with Crippen LogP contribution < -0.4 is 5.73 Å². The molecule has 0 aromatic heterocycles. The average Bonchev–Trinajstić information content (AvgIpc) is 2.93. The fraction of sp³-hybridized carbons (Fsp3) is 1.00. The zero-order valence-corrected chi connectivity index (χ0v) is 12.3. The molecule has 1 unspecified atom stereocenters. The van der Waals surface area contributed by atoms with Crippen LogP contribution in [0.15, 0.2) is 0 Å². The molecular weight excluding hydrogens is 222 g/mol. The van der Waals surface area contributed by atoms with Gasteiger partial charge in [0.1, 0.15) is 0 Å². The molecule has 0 amide bonds. The zero-order valence-electron chi connectivity index (χ0n) is 12.3. The van der Waals surface area contributed by atoms with Gasteiger partial charge in [0.15, 0.2) is 0 Å². The fourth-order valence-electron chi connectivity index (χ4n) is 3.87. The van der Waals surface area contributed by atoms with Crippen LogP contribution in [0.2, 0.25) is 0 Å². The third kappa shape index (κ3) is 2.73. The topological polar surface area (TPSA) is 32.5 Å². The second-order valence-electron chi connectivity index (χ2n) is 6.12.